The van der Waals surface area contributed by atoms with Crippen LogP contribution in [0.1, 0.15) is 97.8 Å². The van der Waals surface area contributed by atoms with Gasteiger partial charge in [0.15, 0.2) is 0 Å². The molecular formula is C21H38O4. The molecule has 0 aromatic rings. The van der Waals surface area contributed by atoms with Gasteiger partial charge in [0.25, 0.3) is 0 Å². The summed E-state index contributed by atoms with van der Waals surface area (Å²) in [5, 5.41) is 0. The van der Waals surface area contributed by atoms with E-state index in [9.17, 15) is 9.59 Å². The number of hydrogen-bond acceptors (Lipinski definition) is 4. The second kappa shape index (κ2) is 12.3. The fourth-order valence-electron chi connectivity index (χ4n) is 3.62. The Hall–Kier alpha value is -1.06. The van der Waals surface area contributed by atoms with Crippen molar-refractivity contribution in [3.05, 3.63) is 0 Å². The second-order valence-electron chi connectivity index (χ2n) is 7.64. The van der Waals surface area contributed by atoms with Gasteiger partial charge in [0, 0.05) is 0 Å². The van der Waals surface area contributed by atoms with Crippen molar-refractivity contribution in [1.29, 1.82) is 0 Å². The highest BCUT2D eigenvalue weighted by Crippen LogP contribution is 2.42. The zero-order valence-corrected chi connectivity index (χ0v) is 16.6. The van der Waals surface area contributed by atoms with Gasteiger partial charge in [-0.2, -0.15) is 0 Å². The summed E-state index contributed by atoms with van der Waals surface area (Å²) in [5.74, 6) is -0.770. The predicted molar refractivity (Wildman–Crippen MR) is 100 cm³/mol. The molecule has 2 atom stereocenters. The maximum Gasteiger partial charge on any atom is 0.312 e. The fraction of sp³-hybridized carbons (Fsp3) is 0.905. The van der Waals surface area contributed by atoms with Crippen molar-refractivity contribution < 1.29 is 19.1 Å². The molecule has 4 nitrogen and oxygen atoms in total. The molecule has 0 radical (unpaired) electrons. The van der Waals surface area contributed by atoms with Crippen LogP contribution in [-0.2, 0) is 19.1 Å². The molecule has 2 unspecified atom stereocenters. The number of esters is 2. The highest BCUT2D eigenvalue weighted by molar-refractivity contribution is 5.85. The first-order valence-electron chi connectivity index (χ1n) is 10.4. The van der Waals surface area contributed by atoms with E-state index in [-0.39, 0.29) is 17.9 Å². The van der Waals surface area contributed by atoms with Gasteiger partial charge in [-0.3, -0.25) is 9.59 Å². The number of carbonyl (C=O) groups is 2. The predicted octanol–water partition coefficient (Wildman–Crippen LogP) is 5.43. The summed E-state index contributed by atoms with van der Waals surface area (Å²) in [6, 6.07) is 0. The van der Waals surface area contributed by atoms with Crippen LogP contribution in [0.4, 0.5) is 0 Å². The fourth-order valence-corrected chi connectivity index (χ4v) is 3.62. The lowest BCUT2D eigenvalue weighted by Crippen LogP contribution is -2.44. The van der Waals surface area contributed by atoms with E-state index >= 15 is 0 Å². The van der Waals surface area contributed by atoms with Crippen molar-refractivity contribution in [2.24, 2.45) is 11.3 Å². The number of rotatable bonds is 12. The van der Waals surface area contributed by atoms with Crippen LogP contribution in [0, 0.1) is 11.3 Å². The molecule has 0 aliphatic heterocycles. The first-order chi connectivity index (χ1) is 12.1. The number of carbonyl (C=O) groups excluding carboxylic acids is 2. The molecule has 1 saturated carbocycles. The molecule has 25 heavy (non-hydrogen) atoms. The van der Waals surface area contributed by atoms with E-state index in [0.29, 0.717) is 13.2 Å². The molecular weight excluding hydrogens is 316 g/mol. The molecule has 4 heteroatoms. The Bertz CT molecular complexity index is 393. The largest absolute Gasteiger partial charge is 0.465 e. The third-order valence-electron chi connectivity index (χ3n) is 5.43. The molecule has 0 N–H and O–H groups in total. The molecule has 0 aromatic heterocycles. The Labute approximate surface area is 154 Å². The van der Waals surface area contributed by atoms with Crippen molar-refractivity contribution in [1.82, 2.24) is 0 Å². The molecule has 0 spiro atoms. The topological polar surface area (TPSA) is 52.6 Å². The van der Waals surface area contributed by atoms with E-state index in [1.165, 1.54) is 19.3 Å². The summed E-state index contributed by atoms with van der Waals surface area (Å²) in [6.07, 6.45) is 12.1. The number of ether oxygens (including phenoxy) is 2. The molecule has 0 heterocycles. The van der Waals surface area contributed by atoms with Gasteiger partial charge in [-0.25, -0.2) is 0 Å². The van der Waals surface area contributed by atoms with Crippen molar-refractivity contribution in [2.45, 2.75) is 97.8 Å². The van der Waals surface area contributed by atoms with Crippen LogP contribution < -0.4 is 0 Å². The van der Waals surface area contributed by atoms with Crippen molar-refractivity contribution in [3.63, 3.8) is 0 Å². The summed E-state index contributed by atoms with van der Waals surface area (Å²) in [7, 11) is 0. The van der Waals surface area contributed by atoms with Crippen molar-refractivity contribution >= 4 is 11.9 Å². The SMILES string of the molecule is CCCCCCOC(=O)C1CCCCC1(C)C(=O)OCCCCCC. The van der Waals surface area contributed by atoms with Crippen LogP contribution >= 0.6 is 0 Å². The van der Waals surface area contributed by atoms with E-state index in [4.69, 9.17) is 9.47 Å². The van der Waals surface area contributed by atoms with Gasteiger partial charge in [-0.15, -0.1) is 0 Å². The van der Waals surface area contributed by atoms with E-state index in [2.05, 4.69) is 13.8 Å². The third-order valence-corrected chi connectivity index (χ3v) is 5.43. The quantitative estimate of drug-likeness (QED) is 0.346. The molecule has 1 fully saturated rings. The third kappa shape index (κ3) is 7.37. The van der Waals surface area contributed by atoms with Gasteiger partial charge in [-0.1, -0.05) is 65.2 Å². The average Bonchev–Trinajstić information content (AvgIpc) is 2.61. The monoisotopic (exact) mass is 354 g/mol. The summed E-state index contributed by atoms with van der Waals surface area (Å²) >= 11 is 0. The lowest BCUT2D eigenvalue weighted by atomic mass is 9.67. The summed E-state index contributed by atoms with van der Waals surface area (Å²) in [6.45, 7) is 7.15. The standard InChI is InChI=1S/C21H38O4/c1-4-6-8-12-16-24-19(22)18-14-10-11-15-21(18,3)20(23)25-17-13-9-7-5-2/h18H,4-17H2,1-3H3. The Morgan fingerprint density at radius 3 is 2.08 bits per heavy atom. The summed E-state index contributed by atoms with van der Waals surface area (Å²) in [4.78, 5) is 25.2. The number of unbranched alkanes of at least 4 members (excludes halogenated alkanes) is 6. The van der Waals surface area contributed by atoms with Gasteiger partial charge in [0.2, 0.25) is 0 Å². The average molecular weight is 355 g/mol. The summed E-state index contributed by atoms with van der Waals surface area (Å²) < 4.78 is 11.0. The minimum Gasteiger partial charge on any atom is -0.465 e. The van der Waals surface area contributed by atoms with Crippen molar-refractivity contribution in [2.75, 3.05) is 13.2 Å². The molecule has 1 aliphatic rings. The lowest BCUT2D eigenvalue weighted by Gasteiger charge is -2.37. The van der Waals surface area contributed by atoms with Gasteiger partial charge < -0.3 is 9.47 Å². The van der Waals surface area contributed by atoms with E-state index in [1.54, 1.807) is 0 Å². The molecule has 0 aromatic carbocycles. The Kier molecular flexibility index (Phi) is 10.8. The van der Waals surface area contributed by atoms with Gasteiger partial charge in [0.05, 0.1) is 24.5 Å². The van der Waals surface area contributed by atoms with Gasteiger partial charge >= 0.3 is 11.9 Å². The Morgan fingerprint density at radius 1 is 0.880 bits per heavy atom. The second-order valence-corrected chi connectivity index (χ2v) is 7.64. The normalized spacial score (nSPS) is 23.2. The smallest absolute Gasteiger partial charge is 0.312 e. The van der Waals surface area contributed by atoms with Gasteiger partial charge in [-0.05, 0) is 32.6 Å². The molecule has 0 amide bonds. The van der Waals surface area contributed by atoms with E-state index in [0.717, 1.165) is 57.8 Å². The highest BCUT2D eigenvalue weighted by atomic mass is 16.5. The highest BCUT2D eigenvalue weighted by Gasteiger charge is 2.48. The van der Waals surface area contributed by atoms with Crippen LogP contribution in [0.3, 0.4) is 0 Å². The lowest BCUT2D eigenvalue weighted by molar-refractivity contribution is -0.172. The minimum absolute atomic E-state index is 0.207. The zero-order chi connectivity index (χ0) is 18.5. The van der Waals surface area contributed by atoms with Crippen LogP contribution in [0.5, 0.6) is 0 Å². The number of hydrogen-bond donors (Lipinski definition) is 0. The maximum absolute atomic E-state index is 12.7. The molecule has 1 rings (SSSR count). The first kappa shape index (κ1) is 22.0. The van der Waals surface area contributed by atoms with Crippen molar-refractivity contribution in [3.8, 4) is 0 Å². The minimum atomic E-state index is -0.719. The van der Waals surface area contributed by atoms with E-state index < -0.39 is 5.41 Å². The van der Waals surface area contributed by atoms with Crippen LogP contribution in [0.2, 0.25) is 0 Å². The zero-order valence-electron chi connectivity index (χ0n) is 16.6. The molecule has 0 saturated heterocycles. The van der Waals surface area contributed by atoms with Crippen LogP contribution in [-0.4, -0.2) is 25.2 Å². The molecule has 0 bridgehead atoms. The Morgan fingerprint density at radius 2 is 1.48 bits per heavy atom. The van der Waals surface area contributed by atoms with Crippen LogP contribution in [0.25, 0.3) is 0 Å². The van der Waals surface area contributed by atoms with Gasteiger partial charge in [0.1, 0.15) is 0 Å². The summed E-state index contributed by atoms with van der Waals surface area (Å²) in [5.41, 5.74) is -0.719. The van der Waals surface area contributed by atoms with Crippen LogP contribution in [0.15, 0.2) is 0 Å². The maximum atomic E-state index is 12.7. The first-order valence-corrected chi connectivity index (χ1v) is 10.4. The molecule has 146 valence electrons. The Balaban J connectivity index is 2.48. The molecule has 1 aliphatic carbocycles. The van der Waals surface area contributed by atoms with E-state index in [1.807, 2.05) is 6.92 Å².